The predicted octanol–water partition coefficient (Wildman–Crippen LogP) is 11.3. The van der Waals surface area contributed by atoms with Gasteiger partial charge in [-0.05, 0) is 96.5 Å². The fourth-order valence-corrected chi connectivity index (χ4v) is 9.87. The minimum absolute atomic E-state index is 0.0143. The lowest BCUT2D eigenvalue weighted by atomic mass is 9.52. The van der Waals surface area contributed by atoms with Crippen LogP contribution in [0.25, 0.3) is 0 Å². The molecule has 4 aliphatic carbocycles. The molecule has 3 nitrogen and oxygen atoms in total. The van der Waals surface area contributed by atoms with E-state index in [1.807, 2.05) is 0 Å². The second-order valence-corrected chi connectivity index (χ2v) is 19.0. The minimum atomic E-state index is -0.380. The summed E-state index contributed by atoms with van der Waals surface area (Å²) < 4.78 is 13.1. The first kappa shape index (κ1) is 35.9. The topological polar surface area (TPSA) is 38.7 Å². The molecule has 0 amide bonds. The zero-order valence-electron chi connectivity index (χ0n) is 31.1. The summed E-state index contributed by atoms with van der Waals surface area (Å²) in [5.74, 6) is 1.82. The van der Waals surface area contributed by atoms with Gasteiger partial charge in [-0.2, -0.15) is 0 Å². The highest BCUT2D eigenvalue weighted by molar-refractivity contribution is 5.42. The molecule has 7 unspecified atom stereocenters. The number of ether oxygens (including phenoxy) is 2. The first-order valence-electron chi connectivity index (χ1n) is 18.9. The molecule has 1 N–H and O–H groups in total. The molecule has 1 aromatic rings. The highest BCUT2D eigenvalue weighted by Gasteiger charge is 2.57. The smallest absolute Gasteiger partial charge is 0.169 e. The zero-order valence-corrected chi connectivity index (χ0v) is 31.1. The third-order valence-corrected chi connectivity index (χ3v) is 12.4. The predicted molar refractivity (Wildman–Crippen MR) is 193 cm³/mol. The van der Waals surface area contributed by atoms with Gasteiger partial charge in [0.1, 0.15) is 0 Å². The van der Waals surface area contributed by atoms with E-state index in [4.69, 9.17) is 9.47 Å². The van der Waals surface area contributed by atoms with Crippen molar-refractivity contribution in [3.8, 4) is 0 Å². The van der Waals surface area contributed by atoms with Crippen molar-refractivity contribution in [2.24, 2.45) is 34.0 Å². The molecule has 258 valence electrons. The number of aliphatic hydroxyl groups excluding tert-OH is 1. The van der Waals surface area contributed by atoms with E-state index in [-0.39, 0.29) is 28.1 Å². The van der Waals surface area contributed by atoms with Gasteiger partial charge < -0.3 is 14.6 Å². The molecule has 0 radical (unpaired) electrons. The molecule has 1 aromatic carbocycles. The number of benzene rings is 1. The third-order valence-electron chi connectivity index (χ3n) is 12.4. The highest BCUT2D eigenvalue weighted by Crippen LogP contribution is 2.65. The van der Waals surface area contributed by atoms with Crippen LogP contribution in [0.15, 0.2) is 48.1 Å². The van der Waals surface area contributed by atoms with E-state index in [0.717, 1.165) is 51.7 Å². The summed E-state index contributed by atoms with van der Waals surface area (Å²) in [6.07, 6.45) is 15.4. The maximum absolute atomic E-state index is 11.3. The second kappa shape index (κ2) is 13.5. The van der Waals surface area contributed by atoms with Gasteiger partial charge in [0.05, 0.1) is 19.3 Å². The molecule has 46 heavy (non-hydrogen) atoms. The largest absolute Gasteiger partial charge is 0.393 e. The van der Waals surface area contributed by atoms with Crippen LogP contribution in [0.4, 0.5) is 0 Å². The fourth-order valence-electron chi connectivity index (χ4n) is 9.87. The van der Waals surface area contributed by atoms with Crippen molar-refractivity contribution in [1.29, 1.82) is 0 Å². The highest BCUT2D eigenvalue weighted by atomic mass is 16.7. The van der Waals surface area contributed by atoms with Gasteiger partial charge in [-0.25, -0.2) is 0 Å². The number of hydrogen-bond donors (Lipinski definition) is 1. The molecule has 6 rings (SSSR count). The Morgan fingerprint density at radius 1 is 0.935 bits per heavy atom. The lowest BCUT2D eigenvalue weighted by Crippen LogP contribution is -2.52. The molecule has 1 spiro atoms. The molecule has 1 aliphatic heterocycles. The van der Waals surface area contributed by atoms with E-state index in [9.17, 15) is 5.11 Å². The van der Waals surface area contributed by atoms with Crippen molar-refractivity contribution < 1.29 is 14.6 Å². The Balaban J connectivity index is 0.000000775. The van der Waals surface area contributed by atoms with Gasteiger partial charge in [-0.15, -0.1) is 6.58 Å². The molecule has 5 aliphatic rings. The van der Waals surface area contributed by atoms with E-state index in [0.29, 0.717) is 29.1 Å². The number of aliphatic hydroxyl groups is 1. The Morgan fingerprint density at radius 2 is 1.59 bits per heavy atom. The summed E-state index contributed by atoms with van der Waals surface area (Å²) in [6.45, 7) is 26.0. The van der Waals surface area contributed by atoms with Crippen LogP contribution in [0.2, 0.25) is 0 Å². The number of rotatable bonds is 7. The van der Waals surface area contributed by atoms with Crippen LogP contribution in [0.3, 0.4) is 0 Å². The SMILES string of the molecule is C=CCC(C)(CCCC)c1ccc(C2CC3(C)C(O)CCC3C3CCC4CC5(CCC4=C23)OCC(C)(C)CO5)cc1.CC(C)(C)C. The quantitative estimate of drug-likeness (QED) is 0.304. The zero-order chi connectivity index (χ0) is 33.5. The van der Waals surface area contributed by atoms with E-state index in [1.165, 1.54) is 49.7 Å². The van der Waals surface area contributed by atoms with Crippen molar-refractivity contribution in [3.05, 3.63) is 59.2 Å². The lowest BCUT2D eigenvalue weighted by Gasteiger charge is -2.55. The maximum Gasteiger partial charge on any atom is 0.169 e. The van der Waals surface area contributed by atoms with Crippen LogP contribution in [-0.2, 0) is 14.9 Å². The summed E-state index contributed by atoms with van der Waals surface area (Å²) in [7, 11) is 0. The van der Waals surface area contributed by atoms with Gasteiger partial charge in [0.2, 0.25) is 0 Å². The average Bonchev–Trinajstić information content (AvgIpc) is 3.30. The van der Waals surface area contributed by atoms with Crippen LogP contribution in [0.5, 0.6) is 0 Å². The molecule has 1 heterocycles. The first-order valence-corrected chi connectivity index (χ1v) is 18.9. The van der Waals surface area contributed by atoms with Gasteiger partial charge in [-0.3, -0.25) is 0 Å². The van der Waals surface area contributed by atoms with Crippen molar-refractivity contribution in [2.75, 3.05) is 13.2 Å². The summed E-state index contributed by atoms with van der Waals surface area (Å²) in [5, 5.41) is 11.3. The van der Waals surface area contributed by atoms with Crippen LogP contribution < -0.4 is 0 Å². The Bertz CT molecular complexity index is 1220. The molecule has 0 aromatic heterocycles. The molecule has 1 saturated heterocycles. The Kier molecular flexibility index (Phi) is 10.5. The van der Waals surface area contributed by atoms with Gasteiger partial charge in [-0.1, -0.05) is 117 Å². The standard InChI is InChI=1S/C38H56O3.C5H12/c1-7-9-20-36(5,19-8-2)28-13-10-26(11-14-28)31-23-37(6)32(16-17-33(37)39)30-15-12-27-22-38(21-18-29(27)34(30)31)40-24-35(3,4)25-41-38;1-5(2,3)4/h8,10-11,13-14,27,30-33,39H,2,7,9,12,15-25H2,1,3-6H3;1-4H3. The number of allylic oxidation sites excluding steroid dienone is 3. The fraction of sp³-hybridized carbons (Fsp3) is 0.767. The summed E-state index contributed by atoms with van der Waals surface area (Å²) in [6, 6.07) is 9.75. The van der Waals surface area contributed by atoms with E-state index < -0.39 is 0 Å². The number of hydrogen-bond acceptors (Lipinski definition) is 3. The minimum Gasteiger partial charge on any atom is -0.393 e. The van der Waals surface area contributed by atoms with Crippen LogP contribution in [-0.4, -0.2) is 30.2 Å². The second-order valence-electron chi connectivity index (χ2n) is 19.0. The third kappa shape index (κ3) is 7.42. The average molecular weight is 633 g/mol. The van der Waals surface area contributed by atoms with Crippen LogP contribution in [0.1, 0.15) is 156 Å². The van der Waals surface area contributed by atoms with Gasteiger partial charge in [0, 0.05) is 24.2 Å². The number of fused-ring (bicyclic) bond motifs is 4. The Labute approximate surface area is 283 Å². The molecule has 7 atom stereocenters. The van der Waals surface area contributed by atoms with E-state index >= 15 is 0 Å². The number of unbranched alkanes of at least 4 members (excludes halogenated alkanes) is 1. The molecule has 4 fully saturated rings. The van der Waals surface area contributed by atoms with E-state index in [1.54, 1.807) is 11.1 Å². The first-order chi connectivity index (χ1) is 21.5. The molecular weight excluding hydrogens is 564 g/mol. The Morgan fingerprint density at radius 3 is 2.20 bits per heavy atom. The monoisotopic (exact) mass is 633 g/mol. The van der Waals surface area contributed by atoms with Crippen molar-refractivity contribution in [3.63, 3.8) is 0 Å². The van der Waals surface area contributed by atoms with Crippen molar-refractivity contribution in [2.45, 2.75) is 163 Å². The lowest BCUT2D eigenvalue weighted by molar-refractivity contribution is -0.312. The van der Waals surface area contributed by atoms with Crippen LogP contribution >= 0.6 is 0 Å². The van der Waals surface area contributed by atoms with Gasteiger partial charge >= 0.3 is 0 Å². The van der Waals surface area contributed by atoms with Crippen molar-refractivity contribution in [1.82, 2.24) is 0 Å². The maximum atomic E-state index is 11.3. The van der Waals surface area contributed by atoms with Gasteiger partial charge in [0.15, 0.2) is 5.79 Å². The summed E-state index contributed by atoms with van der Waals surface area (Å²) in [4.78, 5) is 0. The molecule has 0 bridgehead atoms. The molecule has 3 saturated carbocycles. The van der Waals surface area contributed by atoms with Gasteiger partial charge in [0.25, 0.3) is 0 Å². The molecular formula is C43H68O3. The summed E-state index contributed by atoms with van der Waals surface area (Å²) in [5.41, 5.74) is 7.17. The summed E-state index contributed by atoms with van der Waals surface area (Å²) >= 11 is 0. The van der Waals surface area contributed by atoms with Crippen molar-refractivity contribution >= 4 is 0 Å². The van der Waals surface area contributed by atoms with Crippen LogP contribution in [0, 0.1) is 34.0 Å². The Hall–Kier alpha value is -1.42. The normalized spacial score (nSPS) is 34.4. The van der Waals surface area contributed by atoms with E-state index in [2.05, 4.69) is 99.2 Å². The molecule has 3 heteroatoms.